The number of hydrogen-bond donors (Lipinski definition) is 3. The number of aromatic nitrogens is 2. The summed E-state index contributed by atoms with van der Waals surface area (Å²) in [6, 6.07) is 9.37. The van der Waals surface area contributed by atoms with E-state index >= 15 is 0 Å². The quantitative estimate of drug-likeness (QED) is 0.414. The first-order valence-electron chi connectivity index (χ1n) is 12.5. The summed E-state index contributed by atoms with van der Waals surface area (Å²) in [5.41, 5.74) is 1.12. The van der Waals surface area contributed by atoms with Gasteiger partial charge in [0.25, 0.3) is 5.91 Å². The van der Waals surface area contributed by atoms with Gasteiger partial charge < -0.3 is 30.1 Å². The Labute approximate surface area is 220 Å². The van der Waals surface area contributed by atoms with Crippen molar-refractivity contribution in [2.45, 2.75) is 45.3 Å². The number of nitrogens with zero attached hydrogens (tertiary/aromatic N) is 4. The second kappa shape index (κ2) is 13.5. The van der Waals surface area contributed by atoms with Crippen LogP contribution in [-0.2, 0) is 20.7 Å². The first kappa shape index (κ1) is 28.5. The zero-order chi connectivity index (χ0) is 27.7. The second-order valence-electron chi connectivity index (χ2n) is 8.96. The van der Waals surface area contributed by atoms with Crippen molar-refractivity contribution in [3.05, 3.63) is 47.8 Å². The first-order valence-corrected chi connectivity index (χ1v) is 12.5. The average Bonchev–Trinajstić information content (AvgIpc) is 2.90. The molecule has 0 bridgehead atoms. The van der Waals surface area contributed by atoms with Gasteiger partial charge in [0.1, 0.15) is 11.7 Å². The van der Waals surface area contributed by atoms with E-state index in [9.17, 15) is 29.4 Å². The zero-order valence-electron chi connectivity index (χ0n) is 21.5. The van der Waals surface area contributed by atoms with Crippen molar-refractivity contribution in [1.29, 1.82) is 0 Å². The summed E-state index contributed by atoms with van der Waals surface area (Å²) in [6.07, 6.45) is -1.42. The number of carboxylic acids is 1. The Kier molecular flexibility index (Phi) is 10.1. The molecule has 0 radical (unpaired) electrons. The average molecular weight is 528 g/mol. The normalized spacial score (nSPS) is 14.9. The number of aliphatic carboxylic acids is 1. The van der Waals surface area contributed by atoms with Gasteiger partial charge in [-0.25, -0.2) is 14.8 Å². The molecular formula is C26H33N5O7. The molecule has 0 spiro atoms. The first-order chi connectivity index (χ1) is 18.2. The Hall–Kier alpha value is -4.06. The fourth-order valence-electron chi connectivity index (χ4n) is 4.04. The van der Waals surface area contributed by atoms with Gasteiger partial charge in [-0.05, 0) is 26.3 Å². The largest absolute Gasteiger partial charge is 0.481 e. The van der Waals surface area contributed by atoms with Crippen LogP contribution in [0.2, 0.25) is 0 Å². The lowest BCUT2D eigenvalue weighted by atomic mass is 10.1. The zero-order valence-corrected chi connectivity index (χ0v) is 21.5. The van der Waals surface area contributed by atoms with Crippen LogP contribution >= 0.6 is 0 Å². The molecule has 38 heavy (non-hydrogen) atoms. The van der Waals surface area contributed by atoms with Gasteiger partial charge in [0.2, 0.25) is 5.91 Å². The molecule has 2 heterocycles. The van der Waals surface area contributed by atoms with Gasteiger partial charge in [0.15, 0.2) is 5.82 Å². The number of aliphatic hydroxyl groups is 1. The monoisotopic (exact) mass is 527 g/mol. The minimum absolute atomic E-state index is 0.00485. The van der Waals surface area contributed by atoms with Gasteiger partial charge in [-0.3, -0.25) is 14.4 Å². The summed E-state index contributed by atoms with van der Waals surface area (Å²) in [6.45, 7) is 4.53. The summed E-state index contributed by atoms with van der Waals surface area (Å²) >= 11 is 0. The molecule has 1 aromatic carbocycles. The Balaban J connectivity index is 1.79. The number of ether oxygens (including phenoxy) is 1. The maximum absolute atomic E-state index is 13.3. The number of rotatable bonds is 10. The van der Waals surface area contributed by atoms with Crippen LogP contribution in [0.5, 0.6) is 0 Å². The third-order valence-electron chi connectivity index (χ3n) is 5.92. The third-order valence-corrected chi connectivity index (χ3v) is 5.92. The molecule has 12 heteroatoms. The number of nitrogens with one attached hydrogen (secondary N) is 1. The minimum atomic E-state index is -1.11. The molecule has 204 valence electrons. The Morgan fingerprint density at radius 2 is 1.71 bits per heavy atom. The lowest BCUT2D eigenvalue weighted by Gasteiger charge is -2.35. The Bertz CT molecular complexity index is 1130. The maximum atomic E-state index is 13.3. The van der Waals surface area contributed by atoms with E-state index in [2.05, 4.69) is 15.3 Å². The van der Waals surface area contributed by atoms with Crippen LogP contribution in [-0.4, -0.2) is 98.8 Å². The number of carbonyl (C=O) groups excluding carboxylic acids is 3. The van der Waals surface area contributed by atoms with E-state index < -0.39 is 36.0 Å². The van der Waals surface area contributed by atoms with Crippen molar-refractivity contribution in [3.63, 3.8) is 0 Å². The van der Waals surface area contributed by atoms with Gasteiger partial charge >= 0.3 is 12.1 Å². The number of aliphatic hydroxyl groups excluding tert-OH is 1. The molecule has 0 saturated carbocycles. The molecule has 2 atom stereocenters. The predicted molar refractivity (Wildman–Crippen MR) is 136 cm³/mol. The number of carbonyl (C=O) groups is 4. The highest BCUT2D eigenvalue weighted by atomic mass is 16.6. The van der Waals surface area contributed by atoms with Gasteiger partial charge in [0, 0.05) is 50.3 Å². The van der Waals surface area contributed by atoms with E-state index in [4.69, 9.17) is 4.74 Å². The fraction of sp³-hybridized carbons (Fsp3) is 0.462. The van der Waals surface area contributed by atoms with Crippen molar-refractivity contribution in [2.75, 3.05) is 32.8 Å². The van der Waals surface area contributed by atoms with Crippen LogP contribution < -0.4 is 5.32 Å². The smallest absolute Gasteiger partial charge is 0.409 e. The molecule has 3 N–H and O–H groups in total. The SMILES string of the molecule is CCOC(=O)N1CCN(C(=O)C(CCC(=O)O)NC(=O)c2cc(C[C@H](C)O)nc(-c3ccccc3)n2)CC1. The highest BCUT2D eigenvalue weighted by Crippen LogP contribution is 2.17. The molecule has 1 fully saturated rings. The molecule has 1 saturated heterocycles. The Morgan fingerprint density at radius 3 is 2.32 bits per heavy atom. The topological polar surface area (TPSA) is 162 Å². The molecule has 1 aromatic heterocycles. The molecule has 1 unspecified atom stereocenters. The standard InChI is InChI=1S/C26H33N5O7/c1-3-38-26(37)31-13-11-30(12-14-31)25(36)20(9-10-22(33)34)29-24(35)21-16-19(15-17(2)32)27-23(28-21)18-7-5-4-6-8-18/h4-8,16-17,20,32H,3,9-15H2,1-2H3,(H,29,35)(H,33,34)/t17-,20?/m0/s1. The lowest BCUT2D eigenvalue weighted by Crippen LogP contribution is -2.56. The number of hydrogen-bond acceptors (Lipinski definition) is 8. The van der Waals surface area contributed by atoms with Crippen LogP contribution in [0.1, 0.15) is 42.9 Å². The number of carboxylic acid groups (broad SMARTS) is 1. The molecule has 2 aromatic rings. The minimum Gasteiger partial charge on any atom is -0.481 e. The molecule has 1 aliphatic rings. The highest BCUT2D eigenvalue weighted by molar-refractivity contribution is 5.96. The fourth-order valence-corrected chi connectivity index (χ4v) is 4.04. The Morgan fingerprint density at radius 1 is 1.05 bits per heavy atom. The molecule has 1 aliphatic heterocycles. The number of amides is 3. The van der Waals surface area contributed by atoms with Crippen LogP contribution in [0.4, 0.5) is 4.79 Å². The van der Waals surface area contributed by atoms with E-state index in [0.29, 0.717) is 11.3 Å². The van der Waals surface area contributed by atoms with Crippen molar-refractivity contribution in [1.82, 2.24) is 25.1 Å². The summed E-state index contributed by atoms with van der Waals surface area (Å²) < 4.78 is 5.00. The van der Waals surface area contributed by atoms with E-state index in [1.165, 1.54) is 15.9 Å². The molecule has 0 aliphatic carbocycles. The van der Waals surface area contributed by atoms with Crippen molar-refractivity contribution >= 4 is 23.9 Å². The highest BCUT2D eigenvalue weighted by Gasteiger charge is 2.31. The van der Waals surface area contributed by atoms with E-state index in [1.807, 2.05) is 18.2 Å². The van der Waals surface area contributed by atoms with Crippen LogP contribution in [0, 0.1) is 0 Å². The summed E-state index contributed by atoms with van der Waals surface area (Å²) in [5, 5.41) is 21.7. The van der Waals surface area contributed by atoms with Crippen molar-refractivity contribution < 1.29 is 34.1 Å². The van der Waals surface area contributed by atoms with Crippen LogP contribution in [0.25, 0.3) is 11.4 Å². The van der Waals surface area contributed by atoms with Gasteiger partial charge in [-0.15, -0.1) is 0 Å². The van der Waals surface area contributed by atoms with E-state index in [0.717, 1.165) is 0 Å². The number of piperazine rings is 1. The molecule has 12 nitrogen and oxygen atoms in total. The van der Waals surface area contributed by atoms with E-state index in [1.54, 1.807) is 26.0 Å². The summed E-state index contributed by atoms with van der Waals surface area (Å²) in [7, 11) is 0. The molecule has 3 rings (SSSR count). The van der Waals surface area contributed by atoms with Gasteiger partial charge in [0.05, 0.1) is 12.7 Å². The maximum Gasteiger partial charge on any atom is 0.409 e. The second-order valence-corrected chi connectivity index (χ2v) is 8.96. The summed E-state index contributed by atoms with van der Waals surface area (Å²) in [4.78, 5) is 61.6. The van der Waals surface area contributed by atoms with Crippen molar-refractivity contribution in [3.8, 4) is 11.4 Å². The van der Waals surface area contributed by atoms with Gasteiger partial charge in [-0.2, -0.15) is 0 Å². The third kappa shape index (κ3) is 7.97. The molecular weight excluding hydrogens is 494 g/mol. The van der Waals surface area contributed by atoms with Crippen LogP contribution in [0.15, 0.2) is 36.4 Å². The predicted octanol–water partition coefficient (Wildman–Crippen LogP) is 1.33. The van der Waals surface area contributed by atoms with Crippen molar-refractivity contribution in [2.24, 2.45) is 0 Å². The lowest BCUT2D eigenvalue weighted by molar-refractivity contribution is -0.138. The summed E-state index contributed by atoms with van der Waals surface area (Å²) in [5.74, 6) is -1.91. The molecule has 3 amide bonds. The van der Waals surface area contributed by atoms with Gasteiger partial charge in [-0.1, -0.05) is 30.3 Å². The van der Waals surface area contributed by atoms with Crippen LogP contribution in [0.3, 0.4) is 0 Å². The van der Waals surface area contributed by atoms with E-state index in [-0.39, 0.29) is 63.6 Å². The number of benzene rings is 1.